The van der Waals surface area contributed by atoms with Gasteiger partial charge in [0.05, 0.1) is 0 Å². The molecule has 0 saturated carbocycles. The molecule has 26 heavy (non-hydrogen) atoms. The van der Waals surface area contributed by atoms with Gasteiger partial charge in [0.25, 0.3) is 5.91 Å². The molecular formula is C21H19NO4. The molecule has 1 amide bonds. The summed E-state index contributed by atoms with van der Waals surface area (Å²) in [7, 11) is 0. The van der Waals surface area contributed by atoms with Gasteiger partial charge in [-0.15, -0.1) is 0 Å². The van der Waals surface area contributed by atoms with Crippen molar-refractivity contribution in [2.75, 3.05) is 0 Å². The Morgan fingerprint density at radius 3 is 1.58 bits per heavy atom. The third kappa shape index (κ3) is 3.95. The number of hydrogen-bond acceptors (Lipinski definition) is 4. The van der Waals surface area contributed by atoms with Crippen molar-refractivity contribution in [1.29, 1.82) is 0 Å². The summed E-state index contributed by atoms with van der Waals surface area (Å²) in [6, 6.07) is 21.4. The highest BCUT2D eigenvalue weighted by atomic mass is 16.3. The first-order chi connectivity index (χ1) is 12.5. The maximum absolute atomic E-state index is 13.0. The molecule has 0 bridgehead atoms. The molecule has 0 radical (unpaired) electrons. The number of hydrogen-bond donors (Lipinski definition) is 3. The fourth-order valence-corrected chi connectivity index (χ4v) is 2.72. The lowest BCUT2D eigenvalue weighted by molar-refractivity contribution is 0.0729. The lowest BCUT2D eigenvalue weighted by Gasteiger charge is -2.23. The zero-order valence-corrected chi connectivity index (χ0v) is 14.0. The van der Waals surface area contributed by atoms with Crippen molar-refractivity contribution in [1.82, 2.24) is 4.90 Å². The fourth-order valence-electron chi connectivity index (χ4n) is 2.72. The SMILES string of the molecule is O=C(c1cc(O)c(O)c(O)c1)N(Cc1ccccc1)Cc1ccccc1. The third-order valence-corrected chi connectivity index (χ3v) is 4.04. The van der Waals surface area contributed by atoms with Gasteiger partial charge in [0, 0.05) is 18.7 Å². The number of benzene rings is 3. The Labute approximate surface area is 151 Å². The number of rotatable bonds is 5. The number of carbonyl (C=O) groups is 1. The molecule has 0 atom stereocenters. The van der Waals surface area contributed by atoms with Gasteiger partial charge in [0.2, 0.25) is 0 Å². The summed E-state index contributed by atoms with van der Waals surface area (Å²) in [4.78, 5) is 14.6. The van der Waals surface area contributed by atoms with Crippen LogP contribution in [0.3, 0.4) is 0 Å². The molecule has 0 aliphatic rings. The van der Waals surface area contributed by atoms with E-state index in [-0.39, 0.29) is 11.5 Å². The van der Waals surface area contributed by atoms with Crippen LogP contribution in [0.1, 0.15) is 21.5 Å². The van der Waals surface area contributed by atoms with Crippen LogP contribution < -0.4 is 0 Å². The molecule has 0 spiro atoms. The molecule has 0 fully saturated rings. The maximum atomic E-state index is 13.0. The zero-order valence-electron chi connectivity index (χ0n) is 14.0. The first-order valence-corrected chi connectivity index (χ1v) is 8.16. The van der Waals surface area contributed by atoms with Gasteiger partial charge in [0.1, 0.15) is 0 Å². The Balaban J connectivity index is 1.92. The van der Waals surface area contributed by atoms with Gasteiger partial charge in [-0.05, 0) is 23.3 Å². The third-order valence-electron chi connectivity index (χ3n) is 4.04. The van der Waals surface area contributed by atoms with Crippen molar-refractivity contribution < 1.29 is 20.1 Å². The van der Waals surface area contributed by atoms with Crippen molar-refractivity contribution in [3.63, 3.8) is 0 Å². The Bertz CT molecular complexity index is 830. The first-order valence-electron chi connectivity index (χ1n) is 8.16. The zero-order chi connectivity index (χ0) is 18.5. The summed E-state index contributed by atoms with van der Waals surface area (Å²) >= 11 is 0. The van der Waals surface area contributed by atoms with Crippen molar-refractivity contribution in [2.45, 2.75) is 13.1 Å². The quantitative estimate of drug-likeness (QED) is 0.614. The first kappa shape index (κ1) is 17.4. The molecule has 3 aromatic carbocycles. The van der Waals surface area contributed by atoms with E-state index >= 15 is 0 Å². The molecule has 5 heteroatoms. The summed E-state index contributed by atoms with van der Waals surface area (Å²) in [5.74, 6) is -2.07. The molecule has 3 N–H and O–H groups in total. The van der Waals surface area contributed by atoms with E-state index in [0.29, 0.717) is 13.1 Å². The van der Waals surface area contributed by atoms with Crippen LogP contribution in [-0.2, 0) is 13.1 Å². The second kappa shape index (κ2) is 7.61. The highest BCUT2D eigenvalue weighted by Gasteiger charge is 2.20. The number of nitrogens with zero attached hydrogens (tertiary/aromatic N) is 1. The number of phenols is 3. The maximum Gasteiger partial charge on any atom is 0.254 e. The minimum Gasteiger partial charge on any atom is -0.504 e. The standard InChI is InChI=1S/C21H19NO4/c23-18-11-17(12-19(24)20(18)25)21(26)22(13-15-7-3-1-4-8-15)14-16-9-5-2-6-10-16/h1-12,23-25H,13-14H2. The average molecular weight is 349 g/mol. The lowest BCUT2D eigenvalue weighted by atomic mass is 10.1. The van der Waals surface area contributed by atoms with Crippen LogP contribution >= 0.6 is 0 Å². The normalized spacial score (nSPS) is 10.5. The largest absolute Gasteiger partial charge is 0.504 e. The lowest BCUT2D eigenvalue weighted by Crippen LogP contribution is -2.30. The van der Waals surface area contributed by atoms with E-state index in [1.807, 2.05) is 60.7 Å². The predicted molar refractivity (Wildman–Crippen MR) is 97.9 cm³/mol. The van der Waals surface area contributed by atoms with Gasteiger partial charge >= 0.3 is 0 Å². The summed E-state index contributed by atoms with van der Waals surface area (Å²) in [5, 5.41) is 28.9. The van der Waals surface area contributed by atoms with E-state index in [0.717, 1.165) is 23.3 Å². The van der Waals surface area contributed by atoms with Crippen LogP contribution in [0.15, 0.2) is 72.8 Å². The molecule has 0 heterocycles. The summed E-state index contributed by atoms with van der Waals surface area (Å²) < 4.78 is 0. The molecule has 0 aliphatic heterocycles. The van der Waals surface area contributed by atoms with Crippen LogP contribution in [0.5, 0.6) is 17.2 Å². The Morgan fingerprint density at radius 2 is 1.15 bits per heavy atom. The monoisotopic (exact) mass is 349 g/mol. The van der Waals surface area contributed by atoms with Gasteiger partial charge < -0.3 is 20.2 Å². The van der Waals surface area contributed by atoms with E-state index in [1.54, 1.807) is 4.90 Å². The molecule has 0 saturated heterocycles. The molecule has 0 aromatic heterocycles. The number of carbonyl (C=O) groups excluding carboxylic acids is 1. The molecule has 0 unspecified atom stereocenters. The second-order valence-corrected chi connectivity index (χ2v) is 6.00. The van der Waals surface area contributed by atoms with E-state index in [4.69, 9.17) is 0 Å². The van der Waals surface area contributed by atoms with Crippen LogP contribution in [0.4, 0.5) is 0 Å². The number of aromatic hydroxyl groups is 3. The molecule has 3 aromatic rings. The Hall–Kier alpha value is -3.47. The second-order valence-electron chi connectivity index (χ2n) is 6.00. The van der Waals surface area contributed by atoms with E-state index in [2.05, 4.69) is 0 Å². The van der Waals surface area contributed by atoms with Crippen molar-refractivity contribution in [3.8, 4) is 17.2 Å². The van der Waals surface area contributed by atoms with Crippen molar-refractivity contribution in [2.24, 2.45) is 0 Å². The predicted octanol–water partition coefficient (Wildman–Crippen LogP) is 3.65. The van der Waals surface area contributed by atoms with Crippen LogP contribution in [0, 0.1) is 0 Å². The number of phenolic OH excluding ortho intramolecular Hbond substituents is 3. The van der Waals surface area contributed by atoms with E-state index in [9.17, 15) is 20.1 Å². The molecule has 5 nitrogen and oxygen atoms in total. The van der Waals surface area contributed by atoms with Gasteiger partial charge in [-0.25, -0.2) is 0 Å². The smallest absolute Gasteiger partial charge is 0.254 e. The fraction of sp³-hybridized carbons (Fsp3) is 0.0952. The average Bonchev–Trinajstić information content (AvgIpc) is 2.66. The molecule has 0 aliphatic carbocycles. The highest BCUT2D eigenvalue weighted by molar-refractivity contribution is 5.95. The van der Waals surface area contributed by atoms with Crippen LogP contribution in [0.2, 0.25) is 0 Å². The summed E-state index contributed by atoms with van der Waals surface area (Å²) in [5.41, 5.74) is 2.03. The van der Waals surface area contributed by atoms with E-state index in [1.165, 1.54) is 0 Å². The Morgan fingerprint density at radius 1 is 0.731 bits per heavy atom. The minimum absolute atomic E-state index is 0.102. The van der Waals surface area contributed by atoms with Gasteiger partial charge in [0.15, 0.2) is 17.2 Å². The van der Waals surface area contributed by atoms with Crippen molar-refractivity contribution >= 4 is 5.91 Å². The van der Waals surface area contributed by atoms with Gasteiger partial charge in [-0.3, -0.25) is 4.79 Å². The topological polar surface area (TPSA) is 81.0 Å². The van der Waals surface area contributed by atoms with E-state index < -0.39 is 17.2 Å². The minimum atomic E-state index is -0.640. The molecular weight excluding hydrogens is 330 g/mol. The van der Waals surface area contributed by atoms with Crippen molar-refractivity contribution in [3.05, 3.63) is 89.5 Å². The molecule has 132 valence electrons. The van der Waals surface area contributed by atoms with Gasteiger partial charge in [-0.2, -0.15) is 0 Å². The Kier molecular flexibility index (Phi) is 5.08. The summed E-state index contributed by atoms with van der Waals surface area (Å²) in [6.07, 6.45) is 0. The van der Waals surface area contributed by atoms with Gasteiger partial charge in [-0.1, -0.05) is 60.7 Å². The van der Waals surface area contributed by atoms with Crippen LogP contribution in [-0.4, -0.2) is 26.1 Å². The summed E-state index contributed by atoms with van der Waals surface area (Å²) in [6.45, 7) is 0.744. The van der Waals surface area contributed by atoms with Crippen LogP contribution in [0.25, 0.3) is 0 Å². The molecule has 3 rings (SSSR count). The number of amides is 1. The highest BCUT2D eigenvalue weighted by Crippen LogP contribution is 2.35.